The molecule has 1 aromatic rings. The van der Waals surface area contributed by atoms with E-state index in [0.29, 0.717) is 24.6 Å². The average Bonchev–Trinajstić information content (AvgIpc) is 2.40. The van der Waals surface area contributed by atoms with Gasteiger partial charge in [0.1, 0.15) is 5.56 Å². The summed E-state index contributed by atoms with van der Waals surface area (Å²) < 4.78 is 9.95. The molecule has 2 heterocycles. The summed E-state index contributed by atoms with van der Waals surface area (Å²) in [7, 11) is 1.36. The van der Waals surface area contributed by atoms with E-state index in [0.717, 1.165) is 13.1 Å². The second-order valence-corrected chi connectivity index (χ2v) is 3.60. The van der Waals surface area contributed by atoms with E-state index in [1.807, 2.05) is 5.01 Å². The van der Waals surface area contributed by atoms with Crippen LogP contribution in [0.25, 0.3) is 0 Å². The van der Waals surface area contributed by atoms with Gasteiger partial charge in [0.05, 0.1) is 20.3 Å². The Labute approximate surface area is 99.5 Å². The lowest BCUT2D eigenvalue weighted by atomic mass is 10.2. The van der Waals surface area contributed by atoms with Crippen LogP contribution in [0.3, 0.4) is 0 Å². The van der Waals surface area contributed by atoms with E-state index in [2.05, 4.69) is 10.4 Å². The Hall–Kier alpha value is -1.66. The molecule has 0 amide bonds. The summed E-state index contributed by atoms with van der Waals surface area (Å²) in [5, 5.41) is 1.97. The van der Waals surface area contributed by atoms with Crippen LogP contribution in [0.2, 0.25) is 0 Å². The van der Waals surface area contributed by atoms with E-state index in [1.165, 1.54) is 7.11 Å². The van der Waals surface area contributed by atoms with Crippen molar-refractivity contribution in [2.75, 3.05) is 38.8 Å². The number of hydrogen-bond donors (Lipinski definition) is 1. The maximum absolute atomic E-state index is 11.5. The maximum Gasteiger partial charge on any atom is 0.341 e. The molecule has 0 bridgehead atoms. The molecule has 1 aromatic heterocycles. The van der Waals surface area contributed by atoms with Gasteiger partial charge in [-0.2, -0.15) is 0 Å². The first-order valence-corrected chi connectivity index (χ1v) is 5.44. The third-order valence-corrected chi connectivity index (χ3v) is 2.49. The number of esters is 1. The van der Waals surface area contributed by atoms with Crippen LogP contribution in [0.4, 0.5) is 5.82 Å². The van der Waals surface area contributed by atoms with Crippen molar-refractivity contribution in [2.24, 2.45) is 0 Å². The first-order valence-electron chi connectivity index (χ1n) is 5.44. The molecule has 0 unspecified atom stereocenters. The van der Waals surface area contributed by atoms with Crippen molar-refractivity contribution >= 4 is 11.8 Å². The molecule has 1 saturated heterocycles. The van der Waals surface area contributed by atoms with Crippen LogP contribution in [0.5, 0.6) is 0 Å². The number of rotatable bonds is 3. The number of pyridine rings is 1. The van der Waals surface area contributed by atoms with Gasteiger partial charge in [-0.25, -0.2) is 14.8 Å². The molecular weight excluding hydrogens is 222 g/mol. The summed E-state index contributed by atoms with van der Waals surface area (Å²) in [5.41, 5.74) is 3.54. The van der Waals surface area contributed by atoms with Gasteiger partial charge in [-0.15, -0.1) is 0 Å². The minimum absolute atomic E-state index is 0.395. The van der Waals surface area contributed by atoms with Gasteiger partial charge in [0, 0.05) is 19.3 Å². The van der Waals surface area contributed by atoms with Gasteiger partial charge in [0.15, 0.2) is 5.82 Å². The molecule has 1 N–H and O–H groups in total. The second-order valence-electron chi connectivity index (χ2n) is 3.60. The molecule has 1 aliphatic heterocycles. The third kappa shape index (κ3) is 2.92. The molecule has 92 valence electrons. The lowest BCUT2D eigenvalue weighted by Crippen LogP contribution is -2.40. The molecule has 0 spiro atoms. The van der Waals surface area contributed by atoms with Crippen molar-refractivity contribution in [1.29, 1.82) is 0 Å². The lowest BCUT2D eigenvalue weighted by molar-refractivity contribution is 0.0491. The SMILES string of the molecule is COC(=O)c1cccnc1NN1CCOCC1. The van der Waals surface area contributed by atoms with Crippen molar-refractivity contribution < 1.29 is 14.3 Å². The van der Waals surface area contributed by atoms with Crippen molar-refractivity contribution in [3.63, 3.8) is 0 Å². The van der Waals surface area contributed by atoms with E-state index in [-0.39, 0.29) is 0 Å². The summed E-state index contributed by atoms with van der Waals surface area (Å²) in [6, 6.07) is 3.39. The van der Waals surface area contributed by atoms with Gasteiger partial charge in [-0.3, -0.25) is 0 Å². The minimum Gasteiger partial charge on any atom is -0.465 e. The number of hydrazine groups is 1. The number of carbonyl (C=O) groups excluding carboxylic acids is 1. The fraction of sp³-hybridized carbons (Fsp3) is 0.455. The number of carbonyl (C=O) groups is 1. The van der Waals surface area contributed by atoms with E-state index < -0.39 is 5.97 Å². The highest BCUT2D eigenvalue weighted by atomic mass is 16.5. The molecular formula is C11H15N3O3. The first kappa shape index (κ1) is 11.8. The highest BCUT2D eigenvalue weighted by molar-refractivity contribution is 5.94. The Bertz CT molecular complexity index is 391. The van der Waals surface area contributed by atoms with Crippen molar-refractivity contribution in [3.05, 3.63) is 23.9 Å². The number of nitrogens with zero attached hydrogens (tertiary/aromatic N) is 2. The van der Waals surface area contributed by atoms with Crippen LogP contribution in [0, 0.1) is 0 Å². The average molecular weight is 237 g/mol. The van der Waals surface area contributed by atoms with E-state index >= 15 is 0 Å². The standard InChI is InChI=1S/C11H15N3O3/c1-16-11(15)9-3-2-4-12-10(9)13-14-5-7-17-8-6-14/h2-4H,5-8H2,1H3,(H,12,13). The van der Waals surface area contributed by atoms with Gasteiger partial charge in [-0.05, 0) is 12.1 Å². The third-order valence-electron chi connectivity index (χ3n) is 2.49. The van der Waals surface area contributed by atoms with Crippen molar-refractivity contribution in [3.8, 4) is 0 Å². The second kappa shape index (κ2) is 5.60. The number of morpholine rings is 1. The molecule has 1 aliphatic rings. The normalized spacial score (nSPS) is 16.5. The zero-order valence-corrected chi connectivity index (χ0v) is 9.68. The largest absolute Gasteiger partial charge is 0.465 e. The molecule has 6 heteroatoms. The Balaban J connectivity index is 2.11. The fourth-order valence-corrected chi connectivity index (χ4v) is 1.59. The van der Waals surface area contributed by atoms with Gasteiger partial charge in [0.25, 0.3) is 0 Å². The Kier molecular flexibility index (Phi) is 3.89. The number of aromatic nitrogens is 1. The molecule has 2 rings (SSSR count). The first-order chi connectivity index (χ1) is 8.31. The molecule has 6 nitrogen and oxygen atoms in total. The minimum atomic E-state index is -0.395. The maximum atomic E-state index is 11.5. The van der Waals surface area contributed by atoms with Crippen LogP contribution in [-0.4, -0.2) is 49.4 Å². The predicted octanol–water partition coefficient (Wildman–Crippen LogP) is 0.527. The lowest BCUT2D eigenvalue weighted by Gasteiger charge is -2.27. The highest BCUT2D eigenvalue weighted by Gasteiger charge is 2.16. The predicted molar refractivity (Wildman–Crippen MR) is 61.6 cm³/mol. The van der Waals surface area contributed by atoms with Gasteiger partial charge >= 0.3 is 5.97 Å². The van der Waals surface area contributed by atoms with Crippen LogP contribution in [-0.2, 0) is 9.47 Å². The quantitative estimate of drug-likeness (QED) is 0.774. The topological polar surface area (TPSA) is 63.7 Å². The monoisotopic (exact) mass is 237 g/mol. The molecule has 0 atom stereocenters. The summed E-state index contributed by atoms with van der Waals surface area (Å²) in [6.45, 7) is 2.87. The summed E-state index contributed by atoms with van der Waals surface area (Å²) in [4.78, 5) is 15.7. The smallest absolute Gasteiger partial charge is 0.341 e. The van der Waals surface area contributed by atoms with E-state index in [4.69, 9.17) is 9.47 Å². The van der Waals surface area contributed by atoms with Crippen LogP contribution >= 0.6 is 0 Å². The Morgan fingerprint density at radius 3 is 3.00 bits per heavy atom. The summed E-state index contributed by atoms with van der Waals surface area (Å²) in [5.74, 6) is 0.120. The number of anilines is 1. The molecule has 0 aliphatic carbocycles. The van der Waals surface area contributed by atoms with Gasteiger partial charge in [0.2, 0.25) is 0 Å². The Morgan fingerprint density at radius 2 is 2.29 bits per heavy atom. The number of nitrogens with one attached hydrogen (secondary N) is 1. The van der Waals surface area contributed by atoms with Crippen LogP contribution in [0.1, 0.15) is 10.4 Å². The fourth-order valence-electron chi connectivity index (χ4n) is 1.59. The highest BCUT2D eigenvalue weighted by Crippen LogP contribution is 2.13. The zero-order chi connectivity index (χ0) is 12.1. The molecule has 0 saturated carbocycles. The zero-order valence-electron chi connectivity index (χ0n) is 9.68. The van der Waals surface area contributed by atoms with Crippen molar-refractivity contribution in [1.82, 2.24) is 9.99 Å². The number of ether oxygens (including phenoxy) is 2. The molecule has 1 fully saturated rings. The number of methoxy groups -OCH3 is 1. The molecule has 0 aromatic carbocycles. The van der Waals surface area contributed by atoms with E-state index in [9.17, 15) is 4.79 Å². The van der Waals surface area contributed by atoms with Crippen LogP contribution in [0.15, 0.2) is 18.3 Å². The molecule has 17 heavy (non-hydrogen) atoms. The Morgan fingerprint density at radius 1 is 1.53 bits per heavy atom. The van der Waals surface area contributed by atoms with Crippen molar-refractivity contribution in [2.45, 2.75) is 0 Å². The number of hydrogen-bond acceptors (Lipinski definition) is 6. The van der Waals surface area contributed by atoms with Gasteiger partial charge in [-0.1, -0.05) is 0 Å². The summed E-state index contributed by atoms with van der Waals surface area (Å²) >= 11 is 0. The van der Waals surface area contributed by atoms with E-state index in [1.54, 1.807) is 18.3 Å². The van der Waals surface area contributed by atoms with Gasteiger partial charge < -0.3 is 14.9 Å². The van der Waals surface area contributed by atoms with Crippen LogP contribution < -0.4 is 5.43 Å². The summed E-state index contributed by atoms with van der Waals surface area (Å²) in [6.07, 6.45) is 1.63. The molecule has 0 radical (unpaired) electrons.